The van der Waals surface area contributed by atoms with Crippen molar-refractivity contribution in [1.82, 2.24) is 0 Å². The van der Waals surface area contributed by atoms with Crippen LogP contribution in [0.1, 0.15) is 13.3 Å². The summed E-state index contributed by atoms with van der Waals surface area (Å²) in [5.74, 6) is 0. The maximum absolute atomic E-state index is 9.44. The molecule has 1 radical (unpaired) electrons. The Balaban J connectivity index is 3.11. The van der Waals surface area contributed by atoms with Crippen LogP contribution in [0.15, 0.2) is 12.2 Å². The molecule has 0 aromatic rings. The fourth-order valence-corrected chi connectivity index (χ4v) is 0.234. The van der Waals surface area contributed by atoms with Gasteiger partial charge < -0.3 is 4.74 Å². The lowest BCUT2D eigenvalue weighted by atomic mass is 10.3. The lowest BCUT2D eigenvalue weighted by Gasteiger charge is -1.95. The van der Waals surface area contributed by atoms with Crippen molar-refractivity contribution < 1.29 is 9.53 Å². The summed E-state index contributed by atoms with van der Waals surface area (Å²) in [5, 5.41) is 0. The van der Waals surface area contributed by atoms with Gasteiger partial charge in [0.2, 0.25) is 0 Å². The Morgan fingerprint density at radius 2 is 2.50 bits per heavy atom. The monoisotopic (exact) mass is 113 g/mol. The van der Waals surface area contributed by atoms with E-state index in [0.717, 1.165) is 12.0 Å². The van der Waals surface area contributed by atoms with Crippen LogP contribution < -0.4 is 0 Å². The number of hydrogen-bond donors (Lipinski definition) is 0. The highest BCUT2D eigenvalue weighted by atomic mass is 16.5. The molecule has 0 N–H and O–H groups in total. The molecule has 0 aliphatic rings. The van der Waals surface area contributed by atoms with Gasteiger partial charge in [0.25, 0.3) is 0 Å². The molecule has 0 unspecified atom stereocenters. The van der Waals surface area contributed by atoms with Gasteiger partial charge in [0, 0.05) is 0 Å². The van der Waals surface area contributed by atoms with Crippen molar-refractivity contribution in [2.24, 2.45) is 0 Å². The van der Waals surface area contributed by atoms with Crippen LogP contribution in [-0.2, 0) is 9.53 Å². The highest BCUT2D eigenvalue weighted by Gasteiger charge is 1.87. The van der Waals surface area contributed by atoms with Crippen LogP contribution in [0.2, 0.25) is 0 Å². The van der Waals surface area contributed by atoms with E-state index in [1.165, 1.54) is 6.47 Å². The van der Waals surface area contributed by atoms with Crippen LogP contribution in [0.3, 0.4) is 0 Å². The van der Waals surface area contributed by atoms with Crippen LogP contribution >= 0.6 is 0 Å². The first kappa shape index (κ1) is 7.21. The van der Waals surface area contributed by atoms with E-state index in [4.69, 9.17) is 0 Å². The van der Waals surface area contributed by atoms with E-state index in [9.17, 15) is 4.79 Å². The third kappa shape index (κ3) is 3.40. The van der Waals surface area contributed by atoms with Gasteiger partial charge in [0.1, 0.15) is 6.61 Å². The van der Waals surface area contributed by atoms with Crippen molar-refractivity contribution in [3.05, 3.63) is 12.2 Å². The Kier molecular flexibility index (Phi) is 3.94. The zero-order valence-electron chi connectivity index (χ0n) is 4.94. The van der Waals surface area contributed by atoms with Gasteiger partial charge in [-0.15, -0.1) is 0 Å². The van der Waals surface area contributed by atoms with E-state index < -0.39 is 0 Å². The van der Waals surface area contributed by atoms with Crippen molar-refractivity contribution in [2.75, 3.05) is 6.61 Å². The number of ether oxygens (including phenoxy) is 1. The molecule has 0 atom stereocenters. The van der Waals surface area contributed by atoms with Gasteiger partial charge in [-0.3, -0.25) is 0 Å². The summed E-state index contributed by atoms with van der Waals surface area (Å²) >= 11 is 0. The van der Waals surface area contributed by atoms with E-state index in [1.807, 2.05) is 6.92 Å². The molecule has 0 bridgehead atoms. The molecule has 0 amide bonds. The predicted molar refractivity (Wildman–Crippen MR) is 31.1 cm³/mol. The normalized spacial score (nSPS) is 8.12. The van der Waals surface area contributed by atoms with Crippen LogP contribution in [0.5, 0.6) is 0 Å². The molecule has 0 saturated carbocycles. The fourth-order valence-electron chi connectivity index (χ4n) is 0.234. The summed E-state index contributed by atoms with van der Waals surface area (Å²) in [6, 6.07) is 0. The summed E-state index contributed by atoms with van der Waals surface area (Å²) in [6.45, 7) is 7.19. The van der Waals surface area contributed by atoms with Crippen LogP contribution in [0.4, 0.5) is 0 Å². The Labute approximate surface area is 49.1 Å². The molecule has 0 fully saturated rings. The minimum Gasteiger partial charge on any atom is -0.453 e. The Morgan fingerprint density at radius 3 is 2.88 bits per heavy atom. The minimum atomic E-state index is 0.306. The Bertz CT molecular complexity index is 86.5. The summed E-state index contributed by atoms with van der Waals surface area (Å²) in [6.07, 6.45) is 0.849. The average molecular weight is 113 g/mol. The lowest BCUT2D eigenvalue weighted by molar-refractivity contribution is 0.303. The third-order valence-corrected chi connectivity index (χ3v) is 0.835. The second kappa shape index (κ2) is 4.37. The largest absolute Gasteiger partial charge is 0.453 e. The average Bonchev–Trinajstić information content (AvgIpc) is 1.83. The van der Waals surface area contributed by atoms with E-state index in [0.29, 0.717) is 6.61 Å². The van der Waals surface area contributed by atoms with E-state index in [-0.39, 0.29) is 0 Å². The maximum Gasteiger partial charge on any atom is 0.417 e. The second-order valence-corrected chi connectivity index (χ2v) is 1.48. The lowest BCUT2D eigenvalue weighted by Crippen LogP contribution is -1.92. The molecule has 0 heterocycles. The first-order chi connectivity index (χ1) is 3.81. The first-order valence-electron chi connectivity index (χ1n) is 2.46. The highest BCUT2D eigenvalue weighted by molar-refractivity contribution is 5.38. The van der Waals surface area contributed by atoms with Gasteiger partial charge in [-0.2, -0.15) is 0 Å². The van der Waals surface area contributed by atoms with Crippen LogP contribution in [-0.4, -0.2) is 13.1 Å². The van der Waals surface area contributed by atoms with Crippen molar-refractivity contribution in [1.29, 1.82) is 0 Å². The molecule has 0 spiro atoms. The molecule has 8 heavy (non-hydrogen) atoms. The molecule has 45 valence electrons. The van der Waals surface area contributed by atoms with Gasteiger partial charge in [0.05, 0.1) is 0 Å². The molecule has 0 aliphatic heterocycles. The van der Waals surface area contributed by atoms with Crippen molar-refractivity contribution in [3.63, 3.8) is 0 Å². The fraction of sp³-hybridized carbons (Fsp3) is 0.500. The molecule has 2 nitrogen and oxygen atoms in total. The zero-order chi connectivity index (χ0) is 6.41. The molecule has 0 rings (SSSR count). The molecule has 0 aromatic heterocycles. The van der Waals surface area contributed by atoms with Gasteiger partial charge in [-0.25, -0.2) is 4.79 Å². The number of carbonyl (C=O) groups excluding carboxylic acids is 1. The van der Waals surface area contributed by atoms with Crippen LogP contribution in [0.25, 0.3) is 0 Å². The van der Waals surface area contributed by atoms with Crippen molar-refractivity contribution in [3.8, 4) is 0 Å². The minimum absolute atomic E-state index is 0.306. The van der Waals surface area contributed by atoms with Gasteiger partial charge in [-0.05, 0) is 12.0 Å². The Morgan fingerprint density at radius 1 is 1.88 bits per heavy atom. The van der Waals surface area contributed by atoms with E-state index in [1.54, 1.807) is 0 Å². The topological polar surface area (TPSA) is 26.3 Å². The quantitative estimate of drug-likeness (QED) is 0.509. The van der Waals surface area contributed by atoms with Gasteiger partial charge in [0.15, 0.2) is 0 Å². The smallest absolute Gasteiger partial charge is 0.417 e. The molecule has 0 aromatic carbocycles. The van der Waals surface area contributed by atoms with Crippen molar-refractivity contribution in [2.45, 2.75) is 13.3 Å². The molecule has 0 aliphatic carbocycles. The van der Waals surface area contributed by atoms with Gasteiger partial charge >= 0.3 is 6.47 Å². The molecule has 2 heteroatoms. The summed E-state index contributed by atoms with van der Waals surface area (Å²) in [5.41, 5.74) is 0.911. The standard InChI is InChI=1S/C6H9O2/c1-3-6(2)4-8-5-7/h2-4H2,1H3. The van der Waals surface area contributed by atoms with Crippen LogP contribution in [0, 0.1) is 0 Å². The highest BCUT2D eigenvalue weighted by Crippen LogP contribution is 1.94. The third-order valence-electron chi connectivity index (χ3n) is 0.835. The second-order valence-electron chi connectivity index (χ2n) is 1.48. The summed E-state index contributed by atoms with van der Waals surface area (Å²) in [4.78, 5) is 9.44. The predicted octanol–water partition coefficient (Wildman–Crippen LogP) is 1.04. The Hall–Kier alpha value is -0.790. The maximum atomic E-state index is 9.44. The molecular formula is C6H9O2. The van der Waals surface area contributed by atoms with E-state index >= 15 is 0 Å². The van der Waals surface area contributed by atoms with Gasteiger partial charge in [-0.1, -0.05) is 13.5 Å². The molecule has 0 saturated heterocycles. The van der Waals surface area contributed by atoms with E-state index in [2.05, 4.69) is 11.3 Å². The zero-order valence-corrected chi connectivity index (χ0v) is 4.94. The summed E-state index contributed by atoms with van der Waals surface area (Å²) < 4.78 is 4.28. The molecular weight excluding hydrogens is 104 g/mol. The van der Waals surface area contributed by atoms with Crippen molar-refractivity contribution >= 4 is 6.47 Å². The number of hydrogen-bond acceptors (Lipinski definition) is 2. The SMILES string of the molecule is C=C(CC)CO[C]=O. The first-order valence-corrected chi connectivity index (χ1v) is 2.46. The number of rotatable bonds is 4. The summed E-state index contributed by atoms with van der Waals surface area (Å²) in [7, 11) is 0.